The molecule has 6 nitrogen and oxygen atoms in total. The summed E-state index contributed by atoms with van der Waals surface area (Å²) in [4.78, 5) is 28.1. The Hall–Kier alpha value is -2.10. The quantitative estimate of drug-likeness (QED) is 0.379. The average molecular weight is 489 g/mol. The van der Waals surface area contributed by atoms with Gasteiger partial charge in [0.1, 0.15) is 17.6 Å². The molecule has 1 saturated heterocycles. The number of nitrogens with zero attached hydrogens (tertiary/aromatic N) is 1. The number of amides is 1. The molecule has 2 aromatic carbocycles. The molecule has 0 aliphatic carbocycles. The molecular weight excluding hydrogens is 467 g/mol. The van der Waals surface area contributed by atoms with Gasteiger partial charge in [0.15, 0.2) is 0 Å². The van der Waals surface area contributed by atoms with Gasteiger partial charge < -0.3 is 14.5 Å². The zero-order valence-corrected chi connectivity index (χ0v) is 18.9. The van der Waals surface area contributed by atoms with Crippen LogP contribution in [0.2, 0.25) is 0 Å². The molecule has 1 amide bonds. The van der Waals surface area contributed by atoms with Gasteiger partial charge in [0, 0.05) is 40.3 Å². The average Bonchev–Trinajstić information content (AvgIpc) is 3.50. The fourth-order valence-corrected chi connectivity index (χ4v) is 5.36. The molecule has 1 N–H and O–H groups in total. The molecule has 4 aromatic rings. The van der Waals surface area contributed by atoms with Crippen LogP contribution in [0, 0.1) is 6.92 Å². The number of fused-ring (bicyclic) bond motifs is 1. The van der Waals surface area contributed by atoms with Crippen molar-refractivity contribution < 1.29 is 18.7 Å². The van der Waals surface area contributed by atoms with E-state index in [2.05, 4.69) is 10.3 Å². The van der Waals surface area contributed by atoms with Gasteiger partial charge in [0.05, 0.1) is 12.3 Å². The summed E-state index contributed by atoms with van der Waals surface area (Å²) in [5.74, 6) is 2.21. The summed E-state index contributed by atoms with van der Waals surface area (Å²) >= 11 is 2.35. The van der Waals surface area contributed by atoms with E-state index in [4.69, 9.17) is 9.15 Å². The van der Waals surface area contributed by atoms with E-state index in [9.17, 15) is 9.59 Å². The minimum absolute atomic E-state index is 0. The summed E-state index contributed by atoms with van der Waals surface area (Å²) in [6, 6.07) is 15.3. The zero-order chi connectivity index (χ0) is 22.1. The van der Waals surface area contributed by atoms with E-state index in [0.717, 1.165) is 50.2 Å². The third kappa shape index (κ3) is 5.20. The van der Waals surface area contributed by atoms with Crippen LogP contribution in [0.3, 0.4) is 0 Å². The molecule has 164 valence electrons. The van der Waals surface area contributed by atoms with Crippen molar-refractivity contribution in [3.8, 4) is 17.2 Å². The molecule has 3 heterocycles. The van der Waals surface area contributed by atoms with Crippen LogP contribution in [0.25, 0.3) is 21.5 Å². The summed E-state index contributed by atoms with van der Waals surface area (Å²) in [5, 5.41) is 5.35. The van der Waals surface area contributed by atoms with Crippen molar-refractivity contribution in [1.82, 2.24) is 10.3 Å². The van der Waals surface area contributed by atoms with Gasteiger partial charge in [0.25, 0.3) is 5.24 Å². The topological polar surface area (TPSA) is 81.4 Å². The first-order chi connectivity index (χ1) is 15.6. The number of oxazole rings is 1. The van der Waals surface area contributed by atoms with Crippen molar-refractivity contribution in [2.24, 2.45) is 0 Å². The van der Waals surface area contributed by atoms with E-state index in [1.54, 1.807) is 11.3 Å². The second-order valence-electron chi connectivity index (χ2n) is 7.48. The van der Waals surface area contributed by atoms with Crippen LogP contribution in [0.4, 0.5) is 4.79 Å². The van der Waals surface area contributed by atoms with Crippen LogP contribution in [0.5, 0.6) is 5.75 Å². The number of ether oxygens (including phenoxy) is 1. The predicted molar refractivity (Wildman–Crippen MR) is 133 cm³/mol. The van der Waals surface area contributed by atoms with E-state index < -0.39 is 6.04 Å². The first-order valence-corrected chi connectivity index (χ1v) is 11.9. The van der Waals surface area contributed by atoms with E-state index in [0.29, 0.717) is 25.3 Å². The molecule has 1 aliphatic rings. The number of aromatic nitrogens is 1. The van der Waals surface area contributed by atoms with Crippen LogP contribution in [0.15, 0.2) is 58.3 Å². The molecule has 0 bridgehead atoms. The number of thioether (sulfide) groups is 1. The summed E-state index contributed by atoms with van der Waals surface area (Å²) in [7, 11) is 0. The van der Waals surface area contributed by atoms with Crippen molar-refractivity contribution in [2.45, 2.75) is 25.8 Å². The number of hydrogen-bond acceptors (Lipinski definition) is 7. The van der Waals surface area contributed by atoms with Gasteiger partial charge >= 0.3 is 29.6 Å². The van der Waals surface area contributed by atoms with Gasteiger partial charge in [-0.15, -0.1) is 11.3 Å². The molecule has 1 aliphatic heterocycles. The molecule has 0 radical (unpaired) electrons. The van der Waals surface area contributed by atoms with Crippen LogP contribution in [0.1, 0.15) is 17.0 Å². The number of carbonyl (C=O) groups is 2. The van der Waals surface area contributed by atoms with Crippen molar-refractivity contribution in [3.05, 3.63) is 70.9 Å². The Labute approximate surface area is 221 Å². The molecular formula is C24H21N2NaO4S2. The second kappa shape index (κ2) is 10.4. The van der Waals surface area contributed by atoms with Crippen LogP contribution in [-0.2, 0) is 17.6 Å². The molecule has 2 aromatic heterocycles. The predicted octanol–water partition coefficient (Wildman–Crippen LogP) is 4.73. The van der Waals surface area contributed by atoms with Gasteiger partial charge in [-0.3, -0.25) is 9.59 Å². The first kappa shape index (κ1) is 24.0. The number of hydrogen-bond donors (Lipinski definition) is 1. The first-order valence-electron chi connectivity index (χ1n) is 10.2. The maximum atomic E-state index is 12.0. The number of aryl methyl sites for hydroxylation is 1. The zero-order valence-electron chi connectivity index (χ0n) is 17.3. The van der Waals surface area contributed by atoms with Gasteiger partial charge in [0.2, 0.25) is 11.0 Å². The number of rotatable bonds is 7. The standard InChI is InChI=1S/C24H20N2O4S2.Na.H/c1-14-18(25-22(30-14)15-5-3-2-4-6-15)9-11-29-20-8-7-16(21-17(20)10-12-31-21)13-19-23(27)32-24(28)26-19;;/h2-8,10,12,19H,9,11,13H2,1H3,(H,26,28);;. The Bertz CT molecular complexity index is 1300. The number of thiophene rings is 1. The molecule has 5 rings (SSSR count). The molecule has 33 heavy (non-hydrogen) atoms. The molecule has 0 spiro atoms. The van der Waals surface area contributed by atoms with Crippen LogP contribution >= 0.6 is 23.1 Å². The fourth-order valence-electron chi connectivity index (χ4n) is 3.75. The van der Waals surface area contributed by atoms with E-state index in [1.165, 1.54) is 0 Å². The van der Waals surface area contributed by atoms with Crippen molar-refractivity contribution in [3.63, 3.8) is 0 Å². The third-order valence-electron chi connectivity index (χ3n) is 5.36. The molecule has 0 saturated carbocycles. The Kier molecular flexibility index (Phi) is 7.61. The normalized spacial score (nSPS) is 15.5. The monoisotopic (exact) mass is 488 g/mol. The van der Waals surface area contributed by atoms with Gasteiger partial charge in [-0.05, 0) is 42.1 Å². The molecule has 1 atom stereocenters. The number of benzene rings is 2. The van der Waals surface area contributed by atoms with E-state index in [-0.39, 0.29) is 39.9 Å². The minimum atomic E-state index is -0.474. The van der Waals surface area contributed by atoms with Crippen molar-refractivity contribution in [1.29, 1.82) is 0 Å². The van der Waals surface area contributed by atoms with Crippen molar-refractivity contribution >= 4 is 73.1 Å². The van der Waals surface area contributed by atoms with Gasteiger partial charge in [-0.25, -0.2) is 4.98 Å². The number of carbonyl (C=O) groups excluding carboxylic acids is 2. The fraction of sp³-hybridized carbons (Fsp3) is 0.208. The van der Waals surface area contributed by atoms with Crippen LogP contribution in [-0.4, -0.2) is 57.5 Å². The Morgan fingerprint density at radius 1 is 1.12 bits per heavy atom. The van der Waals surface area contributed by atoms with Gasteiger partial charge in [-0.1, -0.05) is 24.3 Å². The van der Waals surface area contributed by atoms with Gasteiger partial charge in [-0.2, -0.15) is 0 Å². The molecule has 1 unspecified atom stereocenters. The molecule has 9 heteroatoms. The Balaban J connectivity index is 0.00000259. The maximum absolute atomic E-state index is 12.0. The summed E-state index contributed by atoms with van der Waals surface area (Å²) in [5.41, 5.74) is 2.87. The third-order valence-corrected chi connectivity index (χ3v) is 7.14. The summed E-state index contributed by atoms with van der Waals surface area (Å²) in [6.45, 7) is 2.39. The molecule has 1 fully saturated rings. The van der Waals surface area contributed by atoms with E-state index >= 15 is 0 Å². The Morgan fingerprint density at radius 3 is 2.70 bits per heavy atom. The number of nitrogens with one attached hydrogen (secondary N) is 1. The van der Waals surface area contributed by atoms with Crippen LogP contribution < -0.4 is 10.1 Å². The van der Waals surface area contributed by atoms with Crippen molar-refractivity contribution in [2.75, 3.05) is 6.61 Å². The summed E-state index contributed by atoms with van der Waals surface area (Å²) in [6.07, 6.45) is 1.12. The second-order valence-corrected chi connectivity index (χ2v) is 9.38. The van der Waals surface area contributed by atoms with E-state index in [1.807, 2.05) is 60.8 Å². The Morgan fingerprint density at radius 2 is 1.94 bits per heavy atom. The summed E-state index contributed by atoms with van der Waals surface area (Å²) < 4.78 is 13.0. The SMILES string of the molecule is Cc1oc(-c2ccccc2)nc1CCOc1ccc(CC2NC(=O)SC2=O)c2sccc12.[NaH].